The molecule has 0 aromatic carbocycles. The maximum absolute atomic E-state index is 12.7. The van der Waals surface area contributed by atoms with Gasteiger partial charge in [0, 0.05) is 30.8 Å². The lowest BCUT2D eigenvalue weighted by Gasteiger charge is -2.32. The lowest BCUT2D eigenvalue weighted by molar-refractivity contribution is -0.143. The summed E-state index contributed by atoms with van der Waals surface area (Å²) in [6.45, 7) is 4.43. The van der Waals surface area contributed by atoms with Crippen LogP contribution in [-0.4, -0.2) is 45.7 Å². The number of rotatable bonds is 2. The molecule has 1 aromatic heterocycles. The molecule has 3 rings (SSSR count). The van der Waals surface area contributed by atoms with Crippen molar-refractivity contribution in [2.75, 3.05) is 13.1 Å². The maximum atomic E-state index is 12.7. The van der Waals surface area contributed by atoms with Gasteiger partial charge in [0.1, 0.15) is 5.56 Å². The molecule has 1 aliphatic heterocycles. The Kier molecular flexibility index (Phi) is 4.26. The molecule has 1 amide bonds. The molecular weight excluding hydrogens is 324 g/mol. The Morgan fingerprint density at radius 1 is 1.28 bits per heavy atom. The first-order valence-electron chi connectivity index (χ1n) is 8.49. The number of likely N-dealkylation sites (tertiary alicyclic amines) is 1. The fourth-order valence-electron chi connectivity index (χ4n) is 3.72. The number of hydrogen-bond donors (Lipinski definition) is 2. The van der Waals surface area contributed by atoms with Crippen molar-refractivity contribution in [3.8, 4) is 0 Å². The van der Waals surface area contributed by atoms with E-state index in [0.717, 1.165) is 0 Å². The number of pyridine rings is 1. The van der Waals surface area contributed by atoms with Gasteiger partial charge in [-0.3, -0.25) is 19.2 Å². The van der Waals surface area contributed by atoms with Crippen LogP contribution in [0.1, 0.15) is 59.5 Å². The molecule has 2 heterocycles. The minimum absolute atomic E-state index is 0.0846. The van der Waals surface area contributed by atoms with Gasteiger partial charge in [-0.15, -0.1) is 0 Å². The Labute approximate surface area is 145 Å². The van der Waals surface area contributed by atoms with Crippen molar-refractivity contribution >= 4 is 17.7 Å². The number of ketones is 1. The topological polar surface area (TPSA) is 108 Å². The first-order chi connectivity index (χ1) is 11.7. The molecule has 134 valence electrons. The third-order valence-corrected chi connectivity index (χ3v) is 5.01. The highest BCUT2D eigenvalue weighted by molar-refractivity contribution is 6.02. The summed E-state index contributed by atoms with van der Waals surface area (Å²) in [4.78, 5) is 52.7. The van der Waals surface area contributed by atoms with Crippen molar-refractivity contribution in [3.63, 3.8) is 0 Å². The predicted octanol–water partition coefficient (Wildman–Crippen LogP) is 1.47. The van der Waals surface area contributed by atoms with Gasteiger partial charge < -0.3 is 15.0 Å². The average Bonchev–Trinajstić information content (AvgIpc) is 2.52. The van der Waals surface area contributed by atoms with Crippen LogP contribution >= 0.6 is 0 Å². The van der Waals surface area contributed by atoms with Crippen molar-refractivity contribution in [1.82, 2.24) is 9.88 Å². The smallest absolute Gasteiger partial charge is 0.308 e. The standard InChI is InChI=1S/C18H22N2O5/c1-18(2)7-13-11(14(21)8-18)6-12(15(22)19-13)16(23)20-5-3-4-10(9-20)17(24)25/h6,10H,3-5,7-9H2,1-2H3,(H,19,22)(H,24,25). The summed E-state index contributed by atoms with van der Waals surface area (Å²) in [7, 11) is 0. The number of Topliss-reactive ketones (excluding diaryl/α,β-unsaturated/α-hetero) is 1. The molecule has 1 unspecified atom stereocenters. The van der Waals surface area contributed by atoms with Gasteiger partial charge in [0.2, 0.25) is 0 Å². The van der Waals surface area contributed by atoms with E-state index in [4.69, 9.17) is 5.11 Å². The highest BCUT2D eigenvalue weighted by atomic mass is 16.4. The van der Waals surface area contributed by atoms with Crippen LogP contribution in [0, 0.1) is 11.3 Å². The van der Waals surface area contributed by atoms with E-state index in [0.29, 0.717) is 43.5 Å². The van der Waals surface area contributed by atoms with Crippen LogP contribution in [-0.2, 0) is 11.2 Å². The number of H-pyrrole nitrogens is 1. The number of carbonyl (C=O) groups is 3. The van der Waals surface area contributed by atoms with Gasteiger partial charge in [-0.05, 0) is 30.7 Å². The molecule has 1 fully saturated rings. The van der Waals surface area contributed by atoms with Crippen molar-refractivity contribution in [1.29, 1.82) is 0 Å². The number of carboxylic acid groups (broad SMARTS) is 1. The van der Waals surface area contributed by atoms with Gasteiger partial charge in [0.25, 0.3) is 11.5 Å². The normalized spacial score (nSPS) is 22.4. The molecular formula is C18H22N2O5. The minimum Gasteiger partial charge on any atom is -0.481 e. The number of hydrogen-bond acceptors (Lipinski definition) is 4. The molecule has 1 aliphatic carbocycles. The third kappa shape index (κ3) is 3.36. The lowest BCUT2D eigenvalue weighted by Crippen LogP contribution is -2.44. The predicted molar refractivity (Wildman–Crippen MR) is 89.8 cm³/mol. The fraction of sp³-hybridized carbons (Fsp3) is 0.556. The SMILES string of the molecule is CC1(C)CC(=O)c2cc(C(=O)N3CCCC(C(=O)O)C3)c(=O)[nH]c2C1. The molecule has 1 aromatic rings. The molecule has 0 saturated carbocycles. The molecule has 1 saturated heterocycles. The van der Waals surface area contributed by atoms with E-state index in [9.17, 15) is 19.2 Å². The number of aromatic amines is 1. The Balaban J connectivity index is 1.92. The Bertz CT molecular complexity index is 808. The van der Waals surface area contributed by atoms with Gasteiger partial charge in [0.15, 0.2) is 5.78 Å². The lowest BCUT2D eigenvalue weighted by atomic mass is 9.75. The van der Waals surface area contributed by atoms with Crippen LogP contribution in [0.5, 0.6) is 0 Å². The highest BCUT2D eigenvalue weighted by Crippen LogP contribution is 2.33. The molecule has 0 radical (unpaired) electrons. The summed E-state index contributed by atoms with van der Waals surface area (Å²) in [6, 6.07) is 1.39. The number of carbonyl (C=O) groups excluding carboxylic acids is 2. The second-order valence-electron chi connectivity index (χ2n) is 7.77. The van der Waals surface area contributed by atoms with Crippen LogP contribution in [0.3, 0.4) is 0 Å². The Morgan fingerprint density at radius 3 is 2.68 bits per heavy atom. The molecule has 1 atom stereocenters. The number of fused-ring (bicyclic) bond motifs is 1. The summed E-state index contributed by atoms with van der Waals surface area (Å²) in [5, 5.41) is 9.15. The van der Waals surface area contributed by atoms with Gasteiger partial charge >= 0.3 is 5.97 Å². The fourth-order valence-corrected chi connectivity index (χ4v) is 3.72. The van der Waals surface area contributed by atoms with Crippen LogP contribution in [0.15, 0.2) is 10.9 Å². The number of nitrogens with zero attached hydrogens (tertiary/aromatic N) is 1. The molecule has 7 nitrogen and oxygen atoms in total. The van der Waals surface area contributed by atoms with Crippen LogP contribution < -0.4 is 5.56 Å². The number of carboxylic acids is 1. The maximum Gasteiger partial charge on any atom is 0.308 e. The molecule has 0 spiro atoms. The molecule has 0 bridgehead atoms. The van der Waals surface area contributed by atoms with E-state index < -0.39 is 23.4 Å². The van der Waals surface area contributed by atoms with Crippen molar-refractivity contribution < 1.29 is 19.5 Å². The second-order valence-corrected chi connectivity index (χ2v) is 7.77. The first-order valence-corrected chi connectivity index (χ1v) is 8.49. The van der Waals surface area contributed by atoms with E-state index in [-0.39, 0.29) is 23.3 Å². The van der Waals surface area contributed by atoms with Gasteiger partial charge in [-0.2, -0.15) is 0 Å². The van der Waals surface area contributed by atoms with E-state index in [1.807, 2.05) is 13.8 Å². The summed E-state index contributed by atoms with van der Waals surface area (Å²) in [5.74, 6) is -2.14. The minimum atomic E-state index is -0.936. The number of piperidine rings is 1. The van der Waals surface area contributed by atoms with Gasteiger partial charge in [-0.25, -0.2) is 0 Å². The van der Waals surface area contributed by atoms with E-state index in [1.54, 1.807) is 0 Å². The Morgan fingerprint density at radius 2 is 2.00 bits per heavy atom. The van der Waals surface area contributed by atoms with Crippen molar-refractivity contribution in [2.45, 2.75) is 39.5 Å². The van der Waals surface area contributed by atoms with E-state index >= 15 is 0 Å². The van der Waals surface area contributed by atoms with Gasteiger partial charge in [-0.1, -0.05) is 13.8 Å². The zero-order chi connectivity index (χ0) is 18.4. The van der Waals surface area contributed by atoms with Crippen LogP contribution in [0.4, 0.5) is 0 Å². The van der Waals surface area contributed by atoms with E-state index in [1.165, 1.54) is 11.0 Å². The largest absolute Gasteiger partial charge is 0.481 e. The number of nitrogens with one attached hydrogen (secondary N) is 1. The van der Waals surface area contributed by atoms with E-state index in [2.05, 4.69) is 4.98 Å². The molecule has 25 heavy (non-hydrogen) atoms. The molecule has 7 heteroatoms. The quantitative estimate of drug-likeness (QED) is 0.843. The zero-order valence-corrected chi connectivity index (χ0v) is 14.4. The van der Waals surface area contributed by atoms with Gasteiger partial charge in [0.05, 0.1) is 5.92 Å². The highest BCUT2D eigenvalue weighted by Gasteiger charge is 2.34. The number of aromatic nitrogens is 1. The third-order valence-electron chi connectivity index (χ3n) is 5.01. The first kappa shape index (κ1) is 17.4. The molecule has 2 aliphatic rings. The van der Waals surface area contributed by atoms with Crippen molar-refractivity contribution in [3.05, 3.63) is 33.2 Å². The van der Waals surface area contributed by atoms with Crippen LogP contribution in [0.25, 0.3) is 0 Å². The summed E-state index contributed by atoms with van der Waals surface area (Å²) in [6.07, 6.45) is 2.04. The molecule has 2 N–H and O–H groups in total. The summed E-state index contributed by atoms with van der Waals surface area (Å²) < 4.78 is 0. The number of aliphatic carboxylic acids is 1. The number of amides is 1. The van der Waals surface area contributed by atoms with Crippen molar-refractivity contribution in [2.24, 2.45) is 11.3 Å². The monoisotopic (exact) mass is 346 g/mol. The summed E-state index contributed by atoms with van der Waals surface area (Å²) >= 11 is 0. The average molecular weight is 346 g/mol. The summed E-state index contributed by atoms with van der Waals surface area (Å²) in [5.41, 5.74) is 0.142. The van der Waals surface area contributed by atoms with Crippen LogP contribution in [0.2, 0.25) is 0 Å². The second kappa shape index (κ2) is 6.13. The zero-order valence-electron chi connectivity index (χ0n) is 14.4. The Hall–Kier alpha value is -2.44.